The van der Waals surface area contributed by atoms with E-state index >= 15 is 0 Å². The molecule has 1 aliphatic carbocycles. The molecule has 2 aromatic carbocycles. The summed E-state index contributed by atoms with van der Waals surface area (Å²) in [6.45, 7) is 2.40. The second kappa shape index (κ2) is 8.32. The topological polar surface area (TPSA) is 102 Å². The smallest absolute Gasteiger partial charge is 0.344 e. The quantitative estimate of drug-likeness (QED) is 0.626. The average Bonchev–Trinajstić information content (AvgIpc) is 3.45. The molecule has 1 saturated heterocycles. The highest BCUT2D eigenvalue weighted by Crippen LogP contribution is 2.58. The van der Waals surface area contributed by atoms with Gasteiger partial charge in [0.15, 0.2) is 11.4 Å². The number of benzene rings is 2. The Morgan fingerprint density at radius 2 is 1.84 bits per heavy atom. The summed E-state index contributed by atoms with van der Waals surface area (Å²) in [6.07, 6.45) is 0.340. The summed E-state index contributed by atoms with van der Waals surface area (Å²) in [5, 5.41) is 2.73. The highest BCUT2D eigenvalue weighted by Gasteiger charge is 2.75. The van der Waals surface area contributed by atoms with Gasteiger partial charge < -0.3 is 14.8 Å². The maximum Gasteiger partial charge on any atom is 0.344 e. The van der Waals surface area contributed by atoms with E-state index in [9.17, 15) is 18.0 Å². The zero-order chi connectivity index (χ0) is 22.1. The molecule has 1 aliphatic heterocycles. The van der Waals surface area contributed by atoms with Crippen molar-refractivity contribution >= 4 is 27.6 Å². The first-order valence-electron chi connectivity index (χ1n) is 10.1. The minimum atomic E-state index is -3.76. The van der Waals surface area contributed by atoms with Crippen LogP contribution in [0.15, 0.2) is 54.6 Å². The highest BCUT2D eigenvalue weighted by molar-refractivity contribution is 7.92. The van der Waals surface area contributed by atoms with E-state index in [1.807, 2.05) is 30.3 Å². The van der Waals surface area contributed by atoms with Gasteiger partial charge in [-0.25, -0.2) is 13.2 Å². The van der Waals surface area contributed by atoms with Crippen LogP contribution in [-0.4, -0.2) is 49.1 Å². The van der Waals surface area contributed by atoms with Crippen molar-refractivity contribution in [2.24, 2.45) is 5.92 Å². The number of anilines is 1. The Kier molecular flexibility index (Phi) is 5.72. The van der Waals surface area contributed by atoms with Gasteiger partial charge in [0.25, 0.3) is 0 Å². The lowest BCUT2D eigenvalue weighted by Gasteiger charge is -2.21. The first-order valence-corrected chi connectivity index (χ1v) is 11.5. The van der Waals surface area contributed by atoms with Gasteiger partial charge in [-0.3, -0.25) is 4.79 Å². The fraction of sp³-hybridized carbons (Fsp3) is 0.364. The number of hydrogen-bond donors (Lipinski definition) is 1. The molecule has 0 spiro atoms. The standard InChI is InChI=1S/C22H24N2O6S/c1-2-29-20(25)15-30-19-10-8-18(9-11-19)23-21(26)22-12-17(22)14-24(31(22,27)28)13-16-6-4-3-5-7-16/h3-11,17H,2,12-15H2,1H3,(H,23,26)/t17-,22-/m0/s1. The van der Waals surface area contributed by atoms with Crippen molar-refractivity contribution in [1.82, 2.24) is 4.31 Å². The molecule has 31 heavy (non-hydrogen) atoms. The first kappa shape index (κ1) is 21.3. The molecule has 0 aromatic heterocycles. The molecule has 0 radical (unpaired) electrons. The summed E-state index contributed by atoms with van der Waals surface area (Å²) in [5.74, 6) is -0.733. The second-order valence-electron chi connectivity index (χ2n) is 7.65. The Hall–Kier alpha value is -2.91. The number of carbonyl (C=O) groups excluding carboxylic acids is 2. The molecule has 0 unspecified atom stereocenters. The predicted molar refractivity (Wildman–Crippen MR) is 114 cm³/mol. The molecular weight excluding hydrogens is 420 g/mol. The van der Waals surface area contributed by atoms with Crippen LogP contribution in [0, 0.1) is 5.92 Å². The highest BCUT2D eigenvalue weighted by atomic mass is 32.2. The lowest BCUT2D eigenvalue weighted by atomic mass is 10.2. The van der Waals surface area contributed by atoms with Gasteiger partial charge in [0.1, 0.15) is 5.75 Å². The Balaban J connectivity index is 1.39. The van der Waals surface area contributed by atoms with Crippen LogP contribution in [0.4, 0.5) is 5.69 Å². The van der Waals surface area contributed by atoms with Crippen LogP contribution in [0.25, 0.3) is 0 Å². The number of carbonyl (C=O) groups is 2. The molecule has 2 aromatic rings. The van der Waals surface area contributed by atoms with Gasteiger partial charge in [0, 0.05) is 24.7 Å². The van der Waals surface area contributed by atoms with E-state index in [2.05, 4.69) is 5.32 Å². The number of sulfonamides is 1. The van der Waals surface area contributed by atoms with Crippen molar-refractivity contribution < 1.29 is 27.5 Å². The van der Waals surface area contributed by atoms with Gasteiger partial charge in [-0.2, -0.15) is 4.31 Å². The van der Waals surface area contributed by atoms with Gasteiger partial charge >= 0.3 is 5.97 Å². The molecule has 1 saturated carbocycles. The molecule has 4 rings (SSSR count). The maximum absolute atomic E-state index is 13.2. The summed E-state index contributed by atoms with van der Waals surface area (Å²) < 4.78 is 36.4. The minimum absolute atomic E-state index is 0.201. The third-order valence-corrected chi connectivity index (χ3v) is 8.20. The Morgan fingerprint density at radius 1 is 1.13 bits per heavy atom. The zero-order valence-corrected chi connectivity index (χ0v) is 17.9. The number of rotatable bonds is 8. The SMILES string of the molecule is CCOC(=O)COc1ccc(NC(=O)[C@]23C[C@H]2CN(Cc2ccccc2)S3(=O)=O)cc1. The molecule has 0 bridgehead atoms. The van der Waals surface area contributed by atoms with Gasteiger partial charge in [0.2, 0.25) is 15.9 Å². The van der Waals surface area contributed by atoms with E-state index in [4.69, 9.17) is 9.47 Å². The van der Waals surface area contributed by atoms with Crippen molar-refractivity contribution in [2.75, 3.05) is 25.1 Å². The molecule has 1 amide bonds. The van der Waals surface area contributed by atoms with Crippen LogP contribution in [0.3, 0.4) is 0 Å². The van der Waals surface area contributed by atoms with E-state index in [0.717, 1.165) is 5.56 Å². The molecule has 2 aliphatic rings. The van der Waals surface area contributed by atoms with Crippen LogP contribution in [0.1, 0.15) is 18.9 Å². The minimum Gasteiger partial charge on any atom is -0.482 e. The third-order valence-electron chi connectivity index (χ3n) is 5.63. The molecule has 1 heterocycles. The first-order chi connectivity index (χ1) is 14.9. The van der Waals surface area contributed by atoms with E-state index in [-0.39, 0.29) is 25.7 Å². The van der Waals surface area contributed by atoms with Gasteiger partial charge in [0.05, 0.1) is 6.61 Å². The summed E-state index contributed by atoms with van der Waals surface area (Å²) in [6, 6.07) is 15.8. The zero-order valence-electron chi connectivity index (χ0n) is 17.1. The van der Waals surface area contributed by atoms with Gasteiger partial charge in [-0.15, -0.1) is 0 Å². The number of nitrogens with zero attached hydrogens (tertiary/aromatic N) is 1. The number of fused-ring (bicyclic) bond motifs is 1. The van der Waals surface area contributed by atoms with Crippen molar-refractivity contribution in [3.63, 3.8) is 0 Å². The largest absolute Gasteiger partial charge is 0.482 e. The third kappa shape index (κ3) is 4.03. The predicted octanol–water partition coefficient (Wildman–Crippen LogP) is 2.17. The normalized spacial score (nSPS) is 23.6. The van der Waals surface area contributed by atoms with Crippen LogP contribution in [0.2, 0.25) is 0 Å². The molecule has 2 fully saturated rings. The maximum atomic E-state index is 13.2. The Morgan fingerprint density at radius 3 is 2.52 bits per heavy atom. The molecule has 8 nitrogen and oxygen atoms in total. The van der Waals surface area contributed by atoms with Crippen molar-refractivity contribution in [3.05, 3.63) is 60.2 Å². The lowest BCUT2D eigenvalue weighted by molar-refractivity contribution is -0.145. The number of hydrogen-bond acceptors (Lipinski definition) is 6. The van der Waals surface area contributed by atoms with E-state index in [1.54, 1.807) is 31.2 Å². The average molecular weight is 445 g/mol. The number of amides is 1. The Bertz CT molecular complexity index is 1070. The van der Waals surface area contributed by atoms with Gasteiger partial charge in [-0.1, -0.05) is 30.3 Å². The van der Waals surface area contributed by atoms with Gasteiger partial charge in [-0.05, 0) is 43.2 Å². The fourth-order valence-electron chi connectivity index (χ4n) is 3.96. The monoisotopic (exact) mass is 444 g/mol. The van der Waals surface area contributed by atoms with Crippen molar-refractivity contribution in [2.45, 2.75) is 24.6 Å². The van der Waals surface area contributed by atoms with Crippen molar-refractivity contribution in [3.8, 4) is 5.75 Å². The van der Waals surface area contributed by atoms with E-state index < -0.39 is 26.6 Å². The molecule has 2 atom stereocenters. The summed E-state index contributed by atoms with van der Waals surface area (Å²) >= 11 is 0. The van der Waals surface area contributed by atoms with E-state index in [1.165, 1.54) is 4.31 Å². The van der Waals surface area contributed by atoms with Crippen LogP contribution >= 0.6 is 0 Å². The molecule has 9 heteroatoms. The van der Waals surface area contributed by atoms with Crippen LogP contribution in [-0.2, 0) is 30.9 Å². The molecule has 1 N–H and O–H groups in total. The number of esters is 1. The van der Waals surface area contributed by atoms with E-state index in [0.29, 0.717) is 24.4 Å². The summed E-state index contributed by atoms with van der Waals surface area (Å²) in [4.78, 5) is 24.3. The summed E-state index contributed by atoms with van der Waals surface area (Å²) in [7, 11) is -3.76. The lowest BCUT2D eigenvalue weighted by Crippen LogP contribution is -2.41. The molecule has 164 valence electrons. The number of nitrogens with one attached hydrogen (secondary N) is 1. The second-order valence-corrected chi connectivity index (χ2v) is 9.84. The fourth-order valence-corrected chi connectivity index (χ4v) is 6.31. The summed E-state index contributed by atoms with van der Waals surface area (Å²) in [5.41, 5.74) is 1.35. The molecular formula is C22H24N2O6S. The van der Waals surface area contributed by atoms with Crippen LogP contribution in [0.5, 0.6) is 5.75 Å². The number of ether oxygens (including phenoxy) is 2. The van der Waals surface area contributed by atoms with Crippen LogP contribution < -0.4 is 10.1 Å². The Labute approximate surface area is 181 Å². The van der Waals surface area contributed by atoms with Crippen molar-refractivity contribution in [1.29, 1.82) is 0 Å².